The second-order valence-corrected chi connectivity index (χ2v) is 5.80. The molecule has 0 heterocycles. The lowest BCUT2D eigenvalue weighted by atomic mass is 10.2. The van der Waals surface area contributed by atoms with Gasteiger partial charge in [-0.25, -0.2) is 0 Å². The number of benzene rings is 2. The number of anilines is 1. The normalized spacial score (nSPS) is 10.5. The molecular weight excluding hydrogens is 329 g/mol. The van der Waals surface area contributed by atoms with Crippen molar-refractivity contribution in [3.05, 3.63) is 56.5 Å². The zero-order chi connectivity index (χ0) is 15.4. The molecule has 112 valence electrons. The van der Waals surface area contributed by atoms with Gasteiger partial charge in [-0.2, -0.15) is 0 Å². The van der Waals surface area contributed by atoms with Crippen molar-refractivity contribution in [1.29, 1.82) is 0 Å². The Bertz CT molecular complexity index is 644. The van der Waals surface area contributed by atoms with Crippen LogP contribution >= 0.6 is 34.8 Å². The summed E-state index contributed by atoms with van der Waals surface area (Å²) in [7, 11) is 0. The van der Waals surface area contributed by atoms with Crippen molar-refractivity contribution in [3.8, 4) is 5.75 Å². The number of hydrogen-bond acceptors (Lipinski definition) is 2. The second-order valence-electron chi connectivity index (χ2n) is 4.61. The monoisotopic (exact) mass is 343 g/mol. The van der Waals surface area contributed by atoms with E-state index >= 15 is 0 Å². The first-order chi connectivity index (χ1) is 10.0. The van der Waals surface area contributed by atoms with Gasteiger partial charge in [0.2, 0.25) is 0 Å². The van der Waals surface area contributed by atoms with Gasteiger partial charge in [-0.05, 0) is 43.7 Å². The average Bonchev–Trinajstić information content (AvgIpc) is 2.45. The Morgan fingerprint density at radius 2 is 1.76 bits per heavy atom. The first-order valence-corrected chi connectivity index (χ1v) is 7.76. The minimum absolute atomic E-state index is 0.474. The molecule has 0 unspecified atom stereocenters. The fourth-order valence-electron chi connectivity index (χ4n) is 1.97. The summed E-state index contributed by atoms with van der Waals surface area (Å²) in [6.07, 6.45) is 0. The van der Waals surface area contributed by atoms with E-state index in [0.717, 1.165) is 22.6 Å². The van der Waals surface area contributed by atoms with E-state index < -0.39 is 0 Å². The smallest absolute Gasteiger partial charge is 0.142 e. The lowest BCUT2D eigenvalue weighted by molar-refractivity contribution is 0.341. The van der Waals surface area contributed by atoms with E-state index in [1.54, 1.807) is 12.1 Å². The Labute approximate surface area is 140 Å². The van der Waals surface area contributed by atoms with Crippen LogP contribution in [-0.2, 0) is 6.54 Å². The molecule has 0 aliphatic rings. The van der Waals surface area contributed by atoms with E-state index in [-0.39, 0.29) is 0 Å². The molecule has 1 N–H and O–H groups in total. The number of rotatable bonds is 5. The summed E-state index contributed by atoms with van der Waals surface area (Å²) in [5, 5.41) is 4.85. The molecule has 0 aromatic heterocycles. The molecule has 2 aromatic carbocycles. The maximum atomic E-state index is 6.20. The van der Waals surface area contributed by atoms with Gasteiger partial charge in [-0.1, -0.05) is 40.9 Å². The number of hydrogen-bond donors (Lipinski definition) is 1. The van der Waals surface area contributed by atoms with Crippen LogP contribution in [0.1, 0.15) is 18.1 Å². The van der Waals surface area contributed by atoms with Crippen LogP contribution in [0.3, 0.4) is 0 Å². The third-order valence-electron chi connectivity index (χ3n) is 3.03. The molecule has 0 saturated heterocycles. The van der Waals surface area contributed by atoms with Crippen LogP contribution < -0.4 is 10.1 Å². The predicted octanol–water partition coefficient (Wildman–Crippen LogP) is 5.97. The van der Waals surface area contributed by atoms with Crippen LogP contribution in [0.25, 0.3) is 0 Å². The maximum absolute atomic E-state index is 6.20. The molecule has 2 aromatic rings. The van der Waals surface area contributed by atoms with Crippen molar-refractivity contribution < 1.29 is 4.74 Å². The van der Waals surface area contributed by atoms with Crippen molar-refractivity contribution in [1.82, 2.24) is 0 Å². The minimum atomic E-state index is 0.474. The van der Waals surface area contributed by atoms with Crippen LogP contribution in [0.2, 0.25) is 15.1 Å². The summed E-state index contributed by atoms with van der Waals surface area (Å²) in [5.74, 6) is 0.812. The Kier molecular flexibility index (Phi) is 5.63. The highest BCUT2D eigenvalue weighted by Gasteiger charge is 2.11. The fourth-order valence-corrected chi connectivity index (χ4v) is 2.65. The third-order valence-corrected chi connectivity index (χ3v) is 4.23. The molecule has 2 nitrogen and oxygen atoms in total. The van der Waals surface area contributed by atoms with Crippen LogP contribution in [0.5, 0.6) is 5.75 Å². The van der Waals surface area contributed by atoms with E-state index in [4.69, 9.17) is 39.5 Å². The highest BCUT2D eigenvalue weighted by Crippen LogP contribution is 2.33. The number of nitrogens with one attached hydrogen (secondary N) is 1. The van der Waals surface area contributed by atoms with Crippen molar-refractivity contribution in [2.75, 3.05) is 11.9 Å². The van der Waals surface area contributed by atoms with Crippen LogP contribution in [-0.4, -0.2) is 6.61 Å². The number of aryl methyl sites for hydroxylation is 1. The quantitative estimate of drug-likeness (QED) is 0.675. The average molecular weight is 345 g/mol. The van der Waals surface area contributed by atoms with Gasteiger partial charge in [0.25, 0.3) is 0 Å². The van der Waals surface area contributed by atoms with Crippen LogP contribution in [0.4, 0.5) is 5.69 Å². The summed E-state index contributed by atoms with van der Waals surface area (Å²) in [6.45, 7) is 5.06. The standard InChI is InChI=1S/C16H16Cl3NO/c1-3-21-15-8-10(2)4-7-14(15)20-9-11-12(17)5-6-13(18)16(11)19/h4-8,20H,3,9H2,1-2H3. The third kappa shape index (κ3) is 3.97. The summed E-state index contributed by atoms with van der Waals surface area (Å²) < 4.78 is 5.64. The highest BCUT2D eigenvalue weighted by molar-refractivity contribution is 6.44. The first-order valence-electron chi connectivity index (χ1n) is 6.62. The molecule has 21 heavy (non-hydrogen) atoms. The van der Waals surface area contributed by atoms with Gasteiger partial charge >= 0.3 is 0 Å². The topological polar surface area (TPSA) is 21.3 Å². The molecular formula is C16H16Cl3NO. The SMILES string of the molecule is CCOc1cc(C)ccc1NCc1c(Cl)ccc(Cl)c1Cl. The van der Waals surface area contributed by atoms with Gasteiger partial charge in [0.15, 0.2) is 0 Å². The van der Waals surface area contributed by atoms with Gasteiger partial charge in [-0.3, -0.25) is 0 Å². The van der Waals surface area contributed by atoms with Crippen molar-refractivity contribution in [2.24, 2.45) is 0 Å². The zero-order valence-electron chi connectivity index (χ0n) is 11.8. The number of ether oxygens (including phenoxy) is 1. The Hall–Kier alpha value is -1.09. The second kappa shape index (κ2) is 7.26. The summed E-state index contributed by atoms with van der Waals surface area (Å²) in [6, 6.07) is 9.42. The molecule has 0 saturated carbocycles. The van der Waals surface area contributed by atoms with E-state index in [1.807, 2.05) is 32.0 Å². The zero-order valence-corrected chi connectivity index (χ0v) is 14.1. The molecule has 5 heteroatoms. The van der Waals surface area contributed by atoms with Crippen LogP contribution in [0.15, 0.2) is 30.3 Å². The molecule has 0 fully saturated rings. The van der Waals surface area contributed by atoms with Gasteiger partial charge in [0.05, 0.1) is 22.3 Å². The van der Waals surface area contributed by atoms with Crippen LogP contribution in [0, 0.1) is 6.92 Å². The molecule has 2 rings (SSSR count). The van der Waals surface area contributed by atoms with Crippen molar-refractivity contribution >= 4 is 40.5 Å². The molecule has 0 spiro atoms. The lowest BCUT2D eigenvalue weighted by Gasteiger charge is -2.15. The molecule has 0 aliphatic carbocycles. The number of halogens is 3. The summed E-state index contributed by atoms with van der Waals surface area (Å²) in [4.78, 5) is 0. The molecule has 0 amide bonds. The largest absolute Gasteiger partial charge is 0.492 e. The Balaban J connectivity index is 2.23. The fraction of sp³-hybridized carbons (Fsp3) is 0.250. The van der Waals surface area contributed by atoms with Crippen molar-refractivity contribution in [3.63, 3.8) is 0 Å². The lowest BCUT2D eigenvalue weighted by Crippen LogP contribution is -2.04. The van der Waals surface area contributed by atoms with E-state index in [9.17, 15) is 0 Å². The Morgan fingerprint density at radius 3 is 2.48 bits per heavy atom. The summed E-state index contributed by atoms with van der Waals surface area (Å²) >= 11 is 18.4. The summed E-state index contributed by atoms with van der Waals surface area (Å²) in [5.41, 5.74) is 2.81. The first kappa shape index (κ1) is 16.3. The van der Waals surface area contributed by atoms with Gasteiger partial charge < -0.3 is 10.1 Å². The molecule has 0 radical (unpaired) electrons. The molecule has 0 atom stereocenters. The van der Waals surface area contributed by atoms with E-state index in [0.29, 0.717) is 28.2 Å². The predicted molar refractivity (Wildman–Crippen MR) is 91.1 cm³/mol. The van der Waals surface area contributed by atoms with Gasteiger partial charge in [0.1, 0.15) is 5.75 Å². The maximum Gasteiger partial charge on any atom is 0.142 e. The van der Waals surface area contributed by atoms with E-state index in [1.165, 1.54) is 0 Å². The van der Waals surface area contributed by atoms with Gasteiger partial charge in [0, 0.05) is 17.1 Å². The van der Waals surface area contributed by atoms with Crippen molar-refractivity contribution in [2.45, 2.75) is 20.4 Å². The minimum Gasteiger partial charge on any atom is -0.492 e. The van der Waals surface area contributed by atoms with E-state index in [2.05, 4.69) is 5.32 Å². The molecule has 0 bridgehead atoms. The highest BCUT2D eigenvalue weighted by atomic mass is 35.5. The Morgan fingerprint density at radius 1 is 1.05 bits per heavy atom. The molecule has 0 aliphatic heterocycles. The van der Waals surface area contributed by atoms with Gasteiger partial charge in [-0.15, -0.1) is 0 Å².